The molecule has 5 rings (SSSR count). The van der Waals surface area contributed by atoms with Crippen molar-refractivity contribution in [2.24, 2.45) is 0 Å². The van der Waals surface area contributed by atoms with Crippen LogP contribution in [0.1, 0.15) is 54.5 Å². The minimum absolute atomic E-state index is 0.153. The van der Waals surface area contributed by atoms with Gasteiger partial charge in [-0.2, -0.15) is 5.10 Å². The van der Waals surface area contributed by atoms with Crippen LogP contribution in [0.5, 0.6) is 5.75 Å². The largest absolute Gasteiger partial charge is 0.496 e. The molecule has 4 aromatic rings. The zero-order valence-electron chi connectivity index (χ0n) is 19.6. The van der Waals surface area contributed by atoms with Crippen molar-refractivity contribution >= 4 is 22.6 Å². The van der Waals surface area contributed by atoms with E-state index < -0.39 is 18.4 Å². The molecule has 0 radical (unpaired) electrons. The molecule has 1 atom stereocenters. The second-order valence-electron chi connectivity index (χ2n) is 9.10. The van der Waals surface area contributed by atoms with Gasteiger partial charge in [-0.1, -0.05) is 11.6 Å². The lowest BCUT2D eigenvalue weighted by molar-refractivity contribution is 0.107. The normalized spacial score (nSPS) is 19.3. The lowest BCUT2D eigenvalue weighted by Crippen LogP contribution is -2.22. The van der Waals surface area contributed by atoms with Gasteiger partial charge in [-0.15, -0.1) is 0 Å². The van der Waals surface area contributed by atoms with E-state index >= 15 is 0 Å². The molecule has 3 heterocycles. The van der Waals surface area contributed by atoms with Crippen LogP contribution in [0.15, 0.2) is 36.8 Å². The number of nitrogens with zero attached hydrogens (tertiary/aromatic N) is 3. The molecule has 0 saturated heterocycles. The molecule has 2 N–H and O–H groups in total. The van der Waals surface area contributed by atoms with Crippen molar-refractivity contribution in [2.75, 3.05) is 13.8 Å². The summed E-state index contributed by atoms with van der Waals surface area (Å²) in [7, 11) is 1.45. The first-order valence-corrected chi connectivity index (χ1v) is 12.1. The Morgan fingerprint density at radius 1 is 1.26 bits per heavy atom. The van der Waals surface area contributed by atoms with Gasteiger partial charge in [-0.05, 0) is 56.4 Å². The lowest BCUT2D eigenvalue weighted by atomic mass is 9.91. The number of aliphatic hydroxyl groups excluding tert-OH is 1. The van der Waals surface area contributed by atoms with Gasteiger partial charge in [0.1, 0.15) is 23.9 Å². The highest BCUT2D eigenvalue weighted by Gasteiger charge is 2.27. The number of hydrogen-bond acceptors (Lipinski definition) is 4. The summed E-state index contributed by atoms with van der Waals surface area (Å²) in [6.45, 7) is 1.23. The van der Waals surface area contributed by atoms with Crippen LogP contribution < -0.4 is 4.74 Å². The fourth-order valence-corrected chi connectivity index (χ4v) is 5.49. The van der Waals surface area contributed by atoms with E-state index in [0.29, 0.717) is 17.0 Å². The van der Waals surface area contributed by atoms with Gasteiger partial charge < -0.3 is 14.8 Å². The first kappa shape index (κ1) is 23.8. The van der Waals surface area contributed by atoms with Gasteiger partial charge in [0.05, 0.1) is 30.5 Å². The molecule has 1 aliphatic carbocycles. The number of aliphatic hydroxyl groups is 1. The summed E-state index contributed by atoms with van der Waals surface area (Å²) in [4.78, 5) is 7.66. The summed E-state index contributed by atoms with van der Waals surface area (Å²) < 4.78 is 36.2. The Bertz CT molecular complexity index is 1360. The van der Waals surface area contributed by atoms with Crippen molar-refractivity contribution in [3.63, 3.8) is 0 Å². The third kappa shape index (κ3) is 4.19. The Morgan fingerprint density at radius 3 is 2.74 bits per heavy atom. The fraction of sp³-hybridized carbons (Fsp3) is 0.385. The molecule has 1 aliphatic rings. The van der Waals surface area contributed by atoms with Gasteiger partial charge >= 0.3 is 0 Å². The zero-order chi connectivity index (χ0) is 24.7. The predicted molar refractivity (Wildman–Crippen MR) is 131 cm³/mol. The van der Waals surface area contributed by atoms with E-state index in [2.05, 4.69) is 15.1 Å². The molecule has 3 aromatic heterocycles. The second kappa shape index (κ2) is 9.59. The van der Waals surface area contributed by atoms with Crippen LogP contribution in [0.3, 0.4) is 0 Å². The Morgan fingerprint density at radius 2 is 2.03 bits per heavy atom. The number of aromatic nitrogens is 4. The van der Waals surface area contributed by atoms with Crippen molar-refractivity contribution in [1.29, 1.82) is 0 Å². The van der Waals surface area contributed by atoms with E-state index in [1.54, 1.807) is 12.4 Å². The molecule has 0 bridgehead atoms. The van der Waals surface area contributed by atoms with Crippen molar-refractivity contribution in [1.82, 2.24) is 19.7 Å². The summed E-state index contributed by atoms with van der Waals surface area (Å²) in [6.07, 6.45) is 8.38. The number of hydrogen-bond donors (Lipinski definition) is 2. The minimum Gasteiger partial charge on any atom is -0.496 e. The SMILES string of the molecule is COc1ccc(F)c(Cl)c1C(CF)c1c[nH]c2ncc(-c3cnn([C@H]4CC[C@H](O)CC4)c3C)cc12. The van der Waals surface area contributed by atoms with Crippen molar-refractivity contribution in [2.45, 2.75) is 50.7 Å². The molecule has 0 amide bonds. The van der Waals surface area contributed by atoms with Crippen LogP contribution >= 0.6 is 11.6 Å². The number of fused-ring (bicyclic) bond motifs is 1. The predicted octanol–water partition coefficient (Wildman–Crippen LogP) is 6.11. The van der Waals surface area contributed by atoms with Gasteiger partial charge in [-0.3, -0.25) is 9.07 Å². The molecule has 1 unspecified atom stereocenters. The summed E-state index contributed by atoms with van der Waals surface area (Å²) >= 11 is 6.28. The number of benzene rings is 1. The number of methoxy groups -OCH3 is 1. The van der Waals surface area contributed by atoms with Crippen molar-refractivity contribution < 1.29 is 18.6 Å². The molecule has 6 nitrogen and oxygen atoms in total. The third-order valence-electron chi connectivity index (χ3n) is 7.12. The number of ether oxygens (including phenoxy) is 1. The van der Waals surface area contributed by atoms with Crippen LogP contribution in [-0.4, -0.2) is 44.7 Å². The highest BCUT2D eigenvalue weighted by molar-refractivity contribution is 6.31. The average molecular weight is 501 g/mol. The number of H-pyrrole nitrogens is 1. The maximum Gasteiger partial charge on any atom is 0.142 e. The number of alkyl halides is 1. The highest BCUT2D eigenvalue weighted by Crippen LogP contribution is 2.42. The quantitative estimate of drug-likeness (QED) is 0.335. The van der Waals surface area contributed by atoms with E-state index in [9.17, 15) is 13.9 Å². The molecule has 184 valence electrons. The van der Waals surface area contributed by atoms with Crippen LogP contribution in [0.2, 0.25) is 5.02 Å². The van der Waals surface area contributed by atoms with Crippen LogP contribution in [0.25, 0.3) is 22.2 Å². The van der Waals surface area contributed by atoms with E-state index in [0.717, 1.165) is 47.9 Å². The van der Waals surface area contributed by atoms with E-state index in [1.807, 2.05) is 23.9 Å². The molecule has 1 saturated carbocycles. The molecule has 1 fully saturated rings. The third-order valence-corrected chi connectivity index (χ3v) is 7.51. The Balaban J connectivity index is 1.56. The molecule has 0 aliphatic heterocycles. The van der Waals surface area contributed by atoms with Crippen LogP contribution in [0.4, 0.5) is 8.78 Å². The average Bonchev–Trinajstić information content (AvgIpc) is 3.46. The monoisotopic (exact) mass is 500 g/mol. The molecule has 9 heteroatoms. The van der Waals surface area contributed by atoms with E-state index in [1.165, 1.54) is 19.2 Å². The number of pyridine rings is 1. The maximum absolute atomic E-state index is 14.5. The first-order valence-electron chi connectivity index (χ1n) is 11.7. The summed E-state index contributed by atoms with van der Waals surface area (Å²) in [6, 6.07) is 4.88. The fourth-order valence-electron chi connectivity index (χ4n) is 5.20. The molecule has 1 aromatic carbocycles. The summed E-state index contributed by atoms with van der Waals surface area (Å²) in [5.41, 5.74) is 4.30. The Hall–Kier alpha value is -2.97. The number of rotatable bonds is 6. The summed E-state index contributed by atoms with van der Waals surface area (Å²) in [5.74, 6) is -1.14. The number of halogens is 3. The Kier molecular flexibility index (Phi) is 6.51. The van der Waals surface area contributed by atoms with Gasteiger partial charge in [0, 0.05) is 46.1 Å². The second-order valence-corrected chi connectivity index (χ2v) is 9.48. The zero-order valence-corrected chi connectivity index (χ0v) is 20.3. The van der Waals surface area contributed by atoms with Gasteiger partial charge in [-0.25, -0.2) is 9.37 Å². The standard InChI is InChI=1S/C26H27ClF2N4O2/c1-14-20(13-32-33(14)16-3-5-17(34)6-4-16)15-9-18-21(12-31-26(18)30-11-15)19(10-28)24-23(35-2)8-7-22(29)25(24)27/h7-9,11-13,16-17,19,34H,3-6,10H2,1-2H3,(H,30,31)/t16-,17-,19?. The molecule has 0 spiro atoms. The van der Waals surface area contributed by atoms with Gasteiger partial charge in [0.15, 0.2) is 0 Å². The molecule has 35 heavy (non-hydrogen) atoms. The highest BCUT2D eigenvalue weighted by atomic mass is 35.5. The smallest absolute Gasteiger partial charge is 0.142 e. The van der Waals surface area contributed by atoms with E-state index in [-0.39, 0.29) is 22.7 Å². The van der Waals surface area contributed by atoms with E-state index in [4.69, 9.17) is 16.3 Å². The molecular weight excluding hydrogens is 474 g/mol. The van der Waals surface area contributed by atoms with Crippen molar-refractivity contribution in [3.8, 4) is 16.9 Å². The number of nitrogens with one attached hydrogen (secondary N) is 1. The topological polar surface area (TPSA) is 76.0 Å². The van der Waals surface area contributed by atoms with Gasteiger partial charge in [0.25, 0.3) is 0 Å². The summed E-state index contributed by atoms with van der Waals surface area (Å²) in [5, 5.41) is 15.0. The maximum atomic E-state index is 14.5. The van der Waals surface area contributed by atoms with Crippen LogP contribution in [0, 0.1) is 12.7 Å². The van der Waals surface area contributed by atoms with Crippen LogP contribution in [-0.2, 0) is 0 Å². The van der Waals surface area contributed by atoms with Crippen molar-refractivity contribution in [3.05, 3.63) is 64.5 Å². The Labute approximate surface area is 206 Å². The number of aromatic amines is 1. The lowest BCUT2D eigenvalue weighted by Gasteiger charge is -2.26. The first-order chi connectivity index (χ1) is 16.9. The molecular formula is C26H27ClF2N4O2. The van der Waals surface area contributed by atoms with Gasteiger partial charge in [0.2, 0.25) is 0 Å². The minimum atomic E-state index is -0.837.